The number of ketones is 1. The van der Waals surface area contributed by atoms with Gasteiger partial charge < -0.3 is 10.2 Å². The molecule has 1 unspecified atom stereocenters. The quantitative estimate of drug-likeness (QED) is 0.870. The van der Waals surface area contributed by atoms with Gasteiger partial charge in [-0.2, -0.15) is 0 Å². The van der Waals surface area contributed by atoms with Crippen molar-refractivity contribution >= 4 is 17.4 Å². The number of amides is 1. The van der Waals surface area contributed by atoms with E-state index >= 15 is 0 Å². The third-order valence-electron chi connectivity index (χ3n) is 4.62. The van der Waals surface area contributed by atoms with Gasteiger partial charge in [-0.25, -0.2) is 0 Å². The number of carbonyl (C=O) groups is 2. The van der Waals surface area contributed by atoms with Gasteiger partial charge in [0.15, 0.2) is 5.78 Å². The number of carbonyl (C=O) groups excluding carboxylic acids is 2. The molecule has 1 fully saturated rings. The summed E-state index contributed by atoms with van der Waals surface area (Å²) in [7, 11) is 0. The predicted octanol–water partition coefficient (Wildman–Crippen LogP) is 2.70. The molecule has 1 atom stereocenters. The highest BCUT2D eigenvalue weighted by atomic mass is 16.2. The molecule has 1 aromatic rings. The Bertz CT molecular complexity index is 576. The van der Waals surface area contributed by atoms with Crippen molar-refractivity contribution in [2.24, 2.45) is 0 Å². The molecular weight excluding hydrogens is 276 g/mol. The maximum Gasteiger partial charge on any atom is 0.226 e. The molecule has 3 rings (SSSR count). The first kappa shape index (κ1) is 15.2. The van der Waals surface area contributed by atoms with Crippen molar-refractivity contribution in [3.8, 4) is 0 Å². The Kier molecular flexibility index (Phi) is 4.57. The zero-order valence-corrected chi connectivity index (χ0v) is 13.2. The van der Waals surface area contributed by atoms with E-state index in [1.807, 2.05) is 30.0 Å². The molecule has 118 valence electrons. The van der Waals surface area contributed by atoms with Crippen LogP contribution in [0.15, 0.2) is 18.2 Å². The van der Waals surface area contributed by atoms with Gasteiger partial charge in [-0.3, -0.25) is 9.59 Å². The lowest BCUT2D eigenvalue weighted by Crippen LogP contribution is -2.35. The van der Waals surface area contributed by atoms with Crippen LogP contribution in [0.2, 0.25) is 0 Å². The molecule has 1 N–H and O–H groups in total. The van der Waals surface area contributed by atoms with Gasteiger partial charge in [0.25, 0.3) is 0 Å². The molecule has 1 aromatic carbocycles. The van der Waals surface area contributed by atoms with Gasteiger partial charge in [0, 0.05) is 24.2 Å². The van der Waals surface area contributed by atoms with Crippen molar-refractivity contribution in [2.75, 3.05) is 18.0 Å². The van der Waals surface area contributed by atoms with E-state index in [-0.39, 0.29) is 17.7 Å². The molecule has 2 aliphatic heterocycles. The second kappa shape index (κ2) is 6.61. The van der Waals surface area contributed by atoms with Crippen LogP contribution in [-0.4, -0.2) is 30.8 Å². The van der Waals surface area contributed by atoms with Crippen molar-refractivity contribution in [1.29, 1.82) is 0 Å². The lowest BCUT2D eigenvalue weighted by Gasteiger charge is -2.30. The highest BCUT2D eigenvalue weighted by molar-refractivity contribution is 6.01. The summed E-state index contributed by atoms with van der Waals surface area (Å²) >= 11 is 0. The fourth-order valence-electron chi connectivity index (χ4n) is 3.47. The van der Waals surface area contributed by atoms with Crippen molar-refractivity contribution < 1.29 is 9.59 Å². The van der Waals surface area contributed by atoms with E-state index in [2.05, 4.69) is 5.32 Å². The van der Waals surface area contributed by atoms with Crippen LogP contribution in [0.25, 0.3) is 0 Å². The molecule has 2 heterocycles. The van der Waals surface area contributed by atoms with E-state index < -0.39 is 0 Å². The summed E-state index contributed by atoms with van der Waals surface area (Å²) in [6.45, 7) is 3.75. The number of fused-ring (bicyclic) bond motifs is 1. The van der Waals surface area contributed by atoms with E-state index in [1.165, 1.54) is 0 Å². The van der Waals surface area contributed by atoms with Crippen LogP contribution >= 0.6 is 0 Å². The van der Waals surface area contributed by atoms with Gasteiger partial charge in [-0.1, -0.05) is 6.92 Å². The summed E-state index contributed by atoms with van der Waals surface area (Å²) in [6, 6.07) is 5.82. The molecule has 22 heavy (non-hydrogen) atoms. The van der Waals surface area contributed by atoms with Crippen molar-refractivity contribution in [2.45, 2.75) is 51.5 Å². The van der Waals surface area contributed by atoms with Crippen LogP contribution in [0.3, 0.4) is 0 Å². The van der Waals surface area contributed by atoms with Gasteiger partial charge in [0.1, 0.15) is 0 Å². The van der Waals surface area contributed by atoms with Gasteiger partial charge in [0.05, 0.1) is 6.04 Å². The number of Topliss-reactive ketones (excluding diaryl/α,β-unsaturated/α-hetero) is 1. The van der Waals surface area contributed by atoms with E-state index in [0.717, 1.165) is 62.0 Å². The monoisotopic (exact) mass is 300 g/mol. The van der Waals surface area contributed by atoms with Gasteiger partial charge in [-0.05, 0) is 62.4 Å². The number of anilines is 1. The Morgan fingerprint density at radius 2 is 2.18 bits per heavy atom. The van der Waals surface area contributed by atoms with Gasteiger partial charge in [0.2, 0.25) is 5.91 Å². The summed E-state index contributed by atoms with van der Waals surface area (Å²) in [5.41, 5.74) is 2.92. The Balaban J connectivity index is 1.83. The molecule has 2 aliphatic rings. The average Bonchev–Trinajstić information content (AvgIpc) is 3.07. The highest BCUT2D eigenvalue weighted by Crippen LogP contribution is 2.29. The molecule has 0 aromatic heterocycles. The minimum atomic E-state index is -0.0283. The van der Waals surface area contributed by atoms with Crippen LogP contribution in [0.1, 0.15) is 54.9 Å². The van der Waals surface area contributed by atoms with Gasteiger partial charge >= 0.3 is 0 Å². The Morgan fingerprint density at radius 3 is 2.91 bits per heavy atom. The first-order valence-electron chi connectivity index (χ1n) is 8.41. The minimum Gasteiger partial charge on any atom is -0.312 e. The summed E-state index contributed by atoms with van der Waals surface area (Å²) < 4.78 is 0. The van der Waals surface area contributed by atoms with Crippen molar-refractivity contribution in [1.82, 2.24) is 5.32 Å². The van der Waals surface area contributed by atoms with Crippen LogP contribution in [-0.2, 0) is 11.2 Å². The summed E-state index contributed by atoms with van der Waals surface area (Å²) in [6.07, 6.45) is 5.38. The maximum absolute atomic E-state index is 12.5. The molecular formula is C18H24N2O2. The molecule has 0 saturated carbocycles. The number of benzene rings is 1. The first-order valence-corrected chi connectivity index (χ1v) is 8.41. The lowest BCUT2D eigenvalue weighted by molar-refractivity contribution is -0.118. The first-order chi connectivity index (χ1) is 10.7. The predicted molar refractivity (Wildman–Crippen MR) is 87.4 cm³/mol. The summed E-state index contributed by atoms with van der Waals surface area (Å²) in [5.74, 6) is 0.386. The minimum absolute atomic E-state index is 0.0283. The van der Waals surface area contributed by atoms with E-state index in [9.17, 15) is 9.59 Å². The molecule has 4 heteroatoms. The van der Waals surface area contributed by atoms with Crippen LogP contribution in [0.5, 0.6) is 0 Å². The summed E-state index contributed by atoms with van der Waals surface area (Å²) in [5, 5.41) is 3.26. The number of nitrogens with one attached hydrogen (secondary N) is 1. The third kappa shape index (κ3) is 2.93. The Morgan fingerprint density at radius 1 is 1.32 bits per heavy atom. The largest absolute Gasteiger partial charge is 0.312 e. The zero-order valence-electron chi connectivity index (χ0n) is 13.2. The molecule has 1 saturated heterocycles. The van der Waals surface area contributed by atoms with E-state index in [1.54, 1.807) is 0 Å². The van der Waals surface area contributed by atoms with Crippen LogP contribution < -0.4 is 10.2 Å². The normalized spacial score (nSPS) is 20.8. The molecule has 0 radical (unpaired) electrons. The molecule has 1 amide bonds. The zero-order chi connectivity index (χ0) is 15.5. The number of aryl methyl sites for hydroxylation is 1. The number of hydrogen-bond acceptors (Lipinski definition) is 3. The fraction of sp³-hybridized carbons (Fsp3) is 0.556. The Labute approximate surface area is 131 Å². The van der Waals surface area contributed by atoms with Crippen molar-refractivity contribution in [3.05, 3.63) is 29.3 Å². The topological polar surface area (TPSA) is 49.4 Å². The Hall–Kier alpha value is -1.68. The second-order valence-corrected chi connectivity index (χ2v) is 6.26. The maximum atomic E-state index is 12.5. The van der Waals surface area contributed by atoms with Gasteiger partial charge in [-0.15, -0.1) is 0 Å². The molecule has 0 bridgehead atoms. The lowest BCUT2D eigenvalue weighted by atomic mass is 9.95. The van der Waals surface area contributed by atoms with Crippen LogP contribution in [0.4, 0.5) is 5.69 Å². The number of nitrogens with zero attached hydrogens (tertiary/aromatic N) is 1. The number of hydrogen-bond donors (Lipinski definition) is 1. The second-order valence-electron chi connectivity index (χ2n) is 6.26. The fourth-order valence-corrected chi connectivity index (χ4v) is 3.47. The van der Waals surface area contributed by atoms with Crippen molar-refractivity contribution in [3.63, 3.8) is 0 Å². The highest BCUT2D eigenvalue weighted by Gasteiger charge is 2.26. The third-order valence-corrected chi connectivity index (χ3v) is 4.62. The smallest absolute Gasteiger partial charge is 0.226 e. The SMILES string of the molecule is CCCC(=O)N1CCCc2cc(C(=O)C3CCCN3)ccc21. The van der Waals surface area contributed by atoms with Crippen LogP contribution in [0, 0.1) is 0 Å². The van der Waals surface area contributed by atoms with E-state index in [0.29, 0.717) is 6.42 Å². The molecule has 0 aliphatic carbocycles. The molecule has 4 nitrogen and oxygen atoms in total. The summed E-state index contributed by atoms with van der Waals surface area (Å²) in [4.78, 5) is 26.6. The average molecular weight is 300 g/mol. The number of rotatable bonds is 4. The standard InChI is InChI=1S/C18H24N2O2/c1-2-5-17(21)20-11-4-6-13-12-14(8-9-16(13)20)18(22)15-7-3-10-19-15/h8-9,12,15,19H,2-7,10-11H2,1H3. The van der Waals surface area contributed by atoms with E-state index in [4.69, 9.17) is 0 Å². The molecule has 0 spiro atoms.